The minimum atomic E-state index is 0.538. The van der Waals surface area contributed by atoms with Gasteiger partial charge in [0.25, 0.3) is 0 Å². The fourth-order valence-electron chi connectivity index (χ4n) is 3.16. The van der Waals surface area contributed by atoms with E-state index in [1.165, 1.54) is 45.3 Å². The first-order chi connectivity index (χ1) is 8.93. The van der Waals surface area contributed by atoms with Gasteiger partial charge < -0.3 is 15.1 Å². The third-order valence-corrected chi connectivity index (χ3v) is 4.25. The monoisotopic (exact) mass is 269 g/mol. The van der Waals surface area contributed by atoms with E-state index >= 15 is 0 Å². The van der Waals surface area contributed by atoms with Crippen LogP contribution in [0.3, 0.4) is 0 Å². The molecule has 1 aliphatic rings. The number of rotatable bonds is 9. The summed E-state index contributed by atoms with van der Waals surface area (Å²) >= 11 is 0. The molecule has 1 N–H and O–H groups in total. The fraction of sp³-hybridized carbons (Fsp3) is 1.00. The summed E-state index contributed by atoms with van der Waals surface area (Å²) in [6, 6.07) is 0. The fourth-order valence-corrected chi connectivity index (χ4v) is 3.16. The van der Waals surface area contributed by atoms with E-state index in [1.807, 2.05) is 0 Å². The SMILES string of the molecule is CC(C)CNCC1(CN(C)CCN(C)C)CCCC1. The highest BCUT2D eigenvalue weighted by atomic mass is 15.2. The largest absolute Gasteiger partial charge is 0.316 e. The number of nitrogens with zero attached hydrogens (tertiary/aromatic N) is 2. The van der Waals surface area contributed by atoms with Gasteiger partial charge in [0, 0.05) is 26.2 Å². The second kappa shape index (κ2) is 8.23. The van der Waals surface area contributed by atoms with E-state index in [0.717, 1.165) is 19.0 Å². The van der Waals surface area contributed by atoms with Crippen molar-refractivity contribution in [2.24, 2.45) is 11.3 Å². The molecule has 0 aliphatic heterocycles. The van der Waals surface area contributed by atoms with Crippen LogP contribution >= 0.6 is 0 Å². The molecule has 1 rings (SSSR count). The third kappa shape index (κ3) is 6.73. The molecule has 3 nitrogen and oxygen atoms in total. The minimum Gasteiger partial charge on any atom is -0.316 e. The Balaban J connectivity index is 2.38. The second-order valence-electron chi connectivity index (χ2n) is 7.27. The summed E-state index contributed by atoms with van der Waals surface area (Å²) in [5.41, 5.74) is 0.538. The van der Waals surface area contributed by atoms with E-state index in [-0.39, 0.29) is 0 Å². The molecule has 0 unspecified atom stereocenters. The lowest BCUT2D eigenvalue weighted by Crippen LogP contribution is -2.43. The molecule has 1 saturated carbocycles. The Hall–Kier alpha value is -0.120. The average Bonchev–Trinajstić information content (AvgIpc) is 2.74. The molecule has 1 aliphatic carbocycles. The van der Waals surface area contributed by atoms with Crippen LogP contribution in [0.2, 0.25) is 0 Å². The van der Waals surface area contributed by atoms with E-state index in [9.17, 15) is 0 Å². The molecule has 114 valence electrons. The van der Waals surface area contributed by atoms with E-state index in [0.29, 0.717) is 5.41 Å². The standard InChI is InChI=1S/C16H35N3/c1-15(2)12-17-13-16(8-6-7-9-16)14-19(5)11-10-18(3)4/h15,17H,6-14H2,1-5H3. The topological polar surface area (TPSA) is 18.5 Å². The Kier molecular flexibility index (Phi) is 7.33. The molecule has 0 bridgehead atoms. The number of hydrogen-bond acceptors (Lipinski definition) is 3. The lowest BCUT2D eigenvalue weighted by molar-refractivity contribution is 0.162. The van der Waals surface area contributed by atoms with Crippen molar-refractivity contribution in [3.63, 3.8) is 0 Å². The highest BCUT2D eigenvalue weighted by Crippen LogP contribution is 2.38. The predicted molar refractivity (Wildman–Crippen MR) is 84.7 cm³/mol. The highest BCUT2D eigenvalue weighted by molar-refractivity contribution is 4.89. The van der Waals surface area contributed by atoms with Gasteiger partial charge in [0.05, 0.1) is 0 Å². The van der Waals surface area contributed by atoms with Crippen LogP contribution in [0.5, 0.6) is 0 Å². The molecule has 1 fully saturated rings. The predicted octanol–water partition coefficient (Wildman–Crippen LogP) is 2.29. The maximum absolute atomic E-state index is 3.70. The summed E-state index contributed by atoms with van der Waals surface area (Å²) in [7, 11) is 6.60. The van der Waals surface area contributed by atoms with Crippen molar-refractivity contribution in [2.45, 2.75) is 39.5 Å². The van der Waals surface area contributed by atoms with Crippen LogP contribution < -0.4 is 5.32 Å². The van der Waals surface area contributed by atoms with Crippen LogP contribution in [-0.4, -0.2) is 63.7 Å². The van der Waals surface area contributed by atoms with Crippen molar-refractivity contribution >= 4 is 0 Å². The molecule has 0 spiro atoms. The molecule has 0 aromatic heterocycles. The van der Waals surface area contributed by atoms with E-state index in [1.54, 1.807) is 0 Å². The minimum absolute atomic E-state index is 0.538. The lowest BCUT2D eigenvalue weighted by atomic mass is 9.85. The van der Waals surface area contributed by atoms with Gasteiger partial charge in [0.2, 0.25) is 0 Å². The van der Waals surface area contributed by atoms with Gasteiger partial charge in [-0.05, 0) is 51.9 Å². The normalized spacial score (nSPS) is 18.9. The zero-order valence-corrected chi connectivity index (χ0v) is 13.8. The quantitative estimate of drug-likeness (QED) is 0.693. The summed E-state index contributed by atoms with van der Waals surface area (Å²) < 4.78 is 0. The Morgan fingerprint density at radius 2 is 1.68 bits per heavy atom. The van der Waals surface area contributed by atoms with Crippen molar-refractivity contribution in [3.8, 4) is 0 Å². The first-order valence-corrected chi connectivity index (χ1v) is 7.97. The Labute approximate surface area is 120 Å². The summed E-state index contributed by atoms with van der Waals surface area (Å²) in [5.74, 6) is 0.755. The highest BCUT2D eigenvalue weighted by Gasteiger charge is 2.34. The van der Waals surface area contributed by atoms with Gasteiger partial charge in [-0.1, -0.05) is 26.7 Å². The molecule has 0 atom stereocenters. The summed E-state index contributed by atoms with van der Waals surface area (Å²) in [6.07, 6.45) is 5.66. The van der Waals surface area contributed by atoms with Crippen LogP contribution in [0.25, 0.3) is 0 Å². The van der Waals surface area contributed by atoms with Gasteiger partial charge in [-0.2, -0.15) is 0 Å². The van der Waals surface area contributed by atoms with Crippen molar-refractivity contribution < 1.29 is 0 Å². The van der Waals surface area contributed by atoms with Gasteiger partial charge in [-0.15, -0.1) is 0 Å². The van der Waals surface area contributed by atoms with Crippen molar-refractivity contribution in [1.82, 2.24) is 15.1 Å². The maximum Gasteiger partial charge on any atom is 0.0106 e. The second-order valence-corrected chi connectivity index (χ2v) is 7.27. The maximum atomic E-state index is 3.70. The number of likely N-dealkylation sites (N-methyl/N-ethyl adjacent to an activating group) is 2. The van der Waals surface area contributed by atoms with Gasteiger partial charge >= 0.3 is 0 Å². The molecule has 19 heavy (non-hydrogen) atoms. The Morgan fingerprint density at radius 3 is 2.21 bits per heavy atom. The van der Waals surface area contributed by atoms with Crippen LogP contribution in [-0.2, 0) is 0 Å². The zero-order valence-electron chi connectivity index (χ0n) is 13.8. The van der Waals surface area contributed by atoms with Gasteiger partial charge in [-0.3, -0.25) is 0 Å². The molecule has 0 aromatic rings. The lowest BCUT2D eigenvalue weighted by Gasteiger charge is -2.34. The molecule has 0 aromatic carbocycles. The van der Waals surface area contributed by atoms with Crippen LogP contribution in [0.4, 0.5) is 0 Å². The number of hydrogen-bond donors (Lipinski definition) is 1. The Bertz CT molecular complexity index is 232. The van der Waals surface area contributed by atoms with Crippen molar-refractivity contribution in [2.75, 3.05) is 53.9 Å². The van der Waals surface area contributed by atoms with E-state index in [2.05, 4.69) is 50.1 Å². The first kappa shape index (κ1) is 16.9. The van der Waals surface area contributed by atoms with Gasteiger partial charge in [0.15, 0.2) is 0 Å². The van der Waals surface area contributed by atoms with E-state index < -0.39 is 0 Å². The van der Waals surface area contributed by atoms with Crippen LogP contribution in [0.15, 0.2) is 0 Å². The Morgan fingerprint density at radius 1 is 1.05 bits per heavy atom. The van der Waals surface area contributed by atoms with Crippen molar-refractivity contribution in [1.29, 1.82) is 0 Å². The summed E-state index contributed by atoms with van der Waals surface area (Å²) in [5, 5.41) is 3.70. The smallest absolute Gasteiger partial charge is 0.0106 e. The number of nitrogens with one attached hydrogen (secondary N) is 1. The average molecular weight is 269 g/mol. The van der Waals surface area contributed by atoms with Crippen molar-refractivity contribution in [3.05, 3.63) is 0 Å². The molecule has 3 heteroatoms. The zero-order chi connectivity index (χ0) is 14.3. The molecule has 0 amide bonds. The van der Waals surface area contributed by atoms with Gasteiger partial charge in [0.1, 0.15) is 0 Å². The molecule has 0 radical (unpaired) electrons. The van der Waals surface area contributed by atoms with Crippen LogP contribution in [0, 0.1) is 11.3 Å². The molecular weight excluding hydrogens is 234 g/mol. The first-order valence-electron chi connectivity index (χ1n) is 7.97. The molecule has 0 saturated heterocycles. The molecular formula is C16H35N3. The third-order valence-electron chi connectivity index (χ3n) is 4.25. The van der Waals surface area contributed by atoms with Gasteiger partial charge in [-0.25, -0.2) is 0 Å². The molecule has 0 heterocycles. The van der Waals surface area contributed by atoms with E-state index in [4.69, 9.17) is 0 Å². The van der Waals surface area contributed by atoms with Crippen LogP contribution in [0.1, 0.15) is 39.5 Å². The summed E-state index contributed by atoms with van der Waals surface area (Å²) in [4.78, 5) is 4.80. The summed E-state index contributed by atoms with van der Waals surface area (Å²) in [6.45, 7) is 10.5.